The van der Waals surface area contributed by atoms with Crippen LogP contribution in [0.1, 0.15) is 22.9 Å². The number of H-pyrrole nitrogens is 1. The number of phenolic OH excluding ortho intramolecular Hbond substituents is 1. The Balaban J connectivity index is 1.91. The van der Waals surface area contributed by atoms with Crippen LogP contribution in [0.2, 0.25) is 10.0 Å². The number of nitrogens with one attached hydrogen (secondary N) is 2. The first-order valence-corrected chi connectivity index (χ1v) is 8.44. The molecule has 2 aromatic carbocycles. The molecular weight excluding hydrogens is 347 g/mol. The molecule has 0 bridgehead atoms. The third-order valence-corrected chi connectivity index (χ3v) is 5.03. The van der Waals surface area contributed by atoms with Crippen molar-refractivity contribution in [3.63, 3.8) is 0 Å². The average Bonchev–Trinajstić information content (AvgIpc) is 2.96. The maximum atomic E-state index is 10.4. The highest BCUT2D eigenvalue weighted by Gasteiger charge is 2.28. The fraction of sp³-hybridized carbons (Fsp3) is 0.222. The minimum atomic E-state index is -0.191. The van der Waals surface area contributed by atoms with Crippen molar-refractivity contribution in [2.75, 3.05) is 13.7 Å². The van der Waals surface area contributed by atoms with E-state index in [1.165, 1.54) is 5.56 Å². The van der Waals surface area contributed by atoms with Crippen molar-refractivity contribution in [2.24, 2.45) is 0 Å². The van der Waals surface area contributed by atoms with E-state index in [1.54, 1.807) is 19.2 Å². The van der Waals surface area contributed by atoms with Crippen molar-refractivity contribution in [2.45, 2.75) is 12.5 Å². The van der Waals surface area contributed by atoms with E-state index in [0.29, 0.717) is 10.6 Å². The molecule has 4 rings (SSSR count). The van der Waals surface area contributed by atoms with Gasteiger partial charge in [0.1, 0.15) is 11.5 Å². The predicted octanol–water partition coefficient (Wildman–Crippen LogP) is 4.42. The maximum Gasteiger partial charge on any atom is 0.139 e. The molecule has 0 amide bonds. The lowest BCUT2D eigenvalue weighted by atomic mass is 9.94. The molecule has 1 aliphatic heterocycles. The molecule has 2 heterocycles. The molecule has 24 heavy (non-hydrogen) atoms. The number of fused-ring (bicyclic) bond motifs is 3. The van der Waals surface area contributed by atoms with Crippen LogP contribution in [-0.4, -0.2) is 23.7 Å². The fourth-order valence-electron chi connectivity index (χ4n) is 3.41. The fourth-order valence-corrected chi connectivity index (χ4v) is 3.91. The van der Waals surface area contributed by atoms with Gasteiger partial charge in [-0.3, -0.25) is 0 Å². The lowest BCUT2D eigenvalue weighted by Crippen LogP contribution is -2.30. The van der Waals surface area contributed by atoms with E-state index in [-0.39, 0.29) is 16.8 Å². The van der Waals surface area contributed by atoms with E-state index < -0.39 is 0 Å². The predicted molar refractivity (Wildman–Crippen MR) is 96.5 cm³/mol. The minimum absolute atomic E-state index is 0.0580. The molecule has 6 heteroatoms. The van der Waals surface area contributed by atoms with Crippen LogP contribution in [0, 0.1) is 0 Å². The summed E-state index contributed by atoms with van der Waals surface area (Å²) < 4.78 is 5.34. The molecule has 1 aliphatic rings. The molecule has 1 atom stereocenters. The van der Waals surface area contributed by atoms with Gasteiger partial charge in [0.2, 0.25) is 0 Å². The highest BCUT2D eigenvalue weighted by atomic mass is 35.5. The maximum absolute atomic E-state index is 10.4. The van der Waals surface area contributed by atoms with E-state index in [4.69, 9.17) is 27.9 Å². The van der Waals surface area contributed by atoms with Crippen LogP contribution in [0.3, 0.4) is 0 Å². The van der Waals surface area contributed by atoms with Crippen molar-refractivity contribution in [1.82, 2.24) is 10.3 Å². The Morgan fingerprint density at radius 1 is 1.21 bits per heavy atom. The normalized spacial score (nSPS) is 17.0. The van der Waals surface area contributed by atoms with E-state index in [0.717, 1.165) is 35.3 Å². The summed E-state index contributed by atoms with van der Waals surface area (Å²) in [5.41, 5.74) is 3.97. The second-order valence-electron chi connectivity index (χ2n) is 5.89. The quantitative estimate of drug-likeness (QED) is 0.632. The number of ether oxygens (including phenoxy) is 1. The Morgan fingerprint density at radius 3 is 2.83 bits per heavy atom. The number of halogens is 2. The number of rotatable bonds is 2. The van der Waals surface area contributed by atoms with Crippen LogP contribution >= 0.6 is 23.2 Å². The molecule has 3 aromatic rings. The second kappa shape index (κ2) is 5.88. The van der Waals surface area contributed by atoms with Gasteiger partial charge in [-0.05, 0) is 42.3 Å². The topological polar surface area (TPSA) is 57.3 Å². The van der Waals surface area contributed by atoms with Gasteiger partial charge in [0, 0.05) is 33.7 Å². The molecule has 0 saturated carbocycles. The minimum Gasteiger partial charge on any atom is -0.506 e. The van der Waals surface area contributed by atoms with Crippen molar-refractivity contribution >= 4 is 34.1 Å². The van der Waals surface area contributed by atoms with Crippen LogP contribution in [0.25, 0.3) is 10.9 Å². The van der Waals surface area contributed by atoms with Gasteiger partial charge in [0.15, 0.2) is 0 Å². The van der Waals surface area contributed by atoms with Gasteiger partial charge in [0.05, 0.1) is 18.2 Å². The zero-order valence-corrected chi connectivity index (χ0v) is 14.5. The van der Waals surface area contributed by atoms with Crippen molar-refractivity contribution < 1.29 is 9.84 Å². The molecule has 0 spiro atoms. The molecule has 124 valence electrons. The number of aromatic nitrogens is 1. The molecular formula is C18H16Cl2N2O2. The summed E-state index contributed by atoms with van der Waals surface area (Å²) in [5, 5.41) is 15.7. The highest BCUT2D eigenvalue weighted by Crippen LogP contribution is 2.41. The monoisotopic (exact) mass is 362 g/mol. The number of hydrogen-bond donors (Lipinski definition) is 3. The molecule has 0 aliphatic carbocycles. The first-order chi connectivity index (χ1) is 11.6. The summed E-state index contributed by atoms with van der Waals surface area (Å²) in [6.45, 7) is 0.797. The Labute approximate surface area is 149 Å². The molecule has 1 unspecified atom stereocenters. The summed E-state index contributed by atoms with van der Waals surface area (Å²) in [6, 6.07) is 9.08. The first-order valence-electron chi connectivity index (χ1n) is 7.68. The van der Waals surface area contributed by atoms with Gasteiger partial charge < -0.3 is 20.1 Å². The van der Waals surface area contributed by atoms with Crippen LogP contribution in [0.4, 0.5) is 0 Å². The zero-order valence-electron chi connectivity index (χ0n) is 13.0. The summed E-state index contributed by atoms with van der Waals surface area (Å²) in [6.07, 6.45) is 0.897. The lowest BCUT2D eigenvalue weighted by Gasteiger charge is -2.26. The van der Waals surface area contributed by atoms with Crippen LogP contribution in [0.5, 0.6) is 11.5 Å². The largest absolute Gasteiger partial charge is 0.506 e. The van der Waals surface area contributed by atoms with E-state index in [9.17, 15) is 5.11 Å². The summed E-state index contributed by atoms with van der Waals surface area (Å²) in [4.78, 5) is 3.47. The lowest BCUT2D eigenvalue weighted by molar-refractivity contribution is 0.415. The molecule has 1 aromatic heterocycles. The van der Waals surface area contributed by atoms with Gasteiger partial charge in [-0.15, -0.1) is 0 Å². The number of benzene rings is 2. The summed E-state index contributed by atoms with van der Waals surface area (Å²) in [7, 11) is 1.66. The van der Waals surface area contributed by atoms with E-state index in [1.807, 2.05) is 18.2 Å². The molecule has 4 nitrogen and oxygen atoms in total. The Morgan fingerprint density at radius 2 is 2.04 bits per heavy atom. The molecule has 3 N–H and O–H groups in total. The van der Waals surface area contributed by atoms with Gasteiger partial charge >= 0.3 is 0 Å². The molecule has 0 saturated heterocycles. The van der Waals surface area contributed by atoms with E-state index >= 15 is 0 Å². The number of aromatic hydroxyl groups is 1. The van der Waals surface area contributed by atoms with Gasteiger partial charge in [-0.2, -0.15) is 0 Å². The average molecular weight is 363 g/mol. The first kappa shape index (κ1) is 15.6. The van der Waals surface area contributed by atoms with Crippen LogP contribution in [0.15, 0.2) is 30.3 Å². The SMILES string of the molecule is COc1ccc2[nH]c3c(c2c1)CCNC3c1cc(Cl)cc(Cl)c1O. The summed E-state index contributed by atoms with van der Waals surface area (Å²) in [5.74, 6) is 0.885. The third-order valence-electron chi connectivity index (χ3n) is 4.53. The van der Waals surface area contributed by atoms with E-state index in [2.05, 4.69) is 10.3 Å². The van der Waals surface area contributed by atoms with Gasteiger partial charge in [-0.25, -0.2) is 0 Å². The number of hydrogen-bond acceptors (Lipinski definition) is 3. The van der Waals surface area contributed by atoms with Crippen LogP contribution < -0.4 is 10.1 Å². The van der Waals surface area contributed by atoms with Gasteiger partial charge in [0.25, 0.3) is 0 Å². The zero-order chi connectivity index (χ0) is 16.8. The van der Waals surface area contributed by atoms with Crippen LogP contribution in [-0.2, 0) is 6.42 Å². The van der Waals surface area contributed by atoms with Crippen molar-refractivity contribution in [3.05, 3.63) is 57.2 Å². The molecule has 0 radical (unpaired) electrons. The third kappa shape index (κ3) is 2.42. The highest BCUT2D eigenvalue weighted by molar-refractivity contribution is 6.35. The number of phenols is 1. The Hall–Kier alpha value is -1.88. The van der Waals surface area contributed by atoms with Gasteiger partial charge in [-0.1, -0.05) is 23.2 Å². The summed E-state index contributed by atoms with van der Waals surface area (Å²) >= 11 is 12.2. The standard InChI is InChI=1S/C18H16Cl2N2O2/c1-24-10-2-3-15-12(8-10)11-4-5-21-16(17(11)22-15)13-6-9(19)7-14(20)18(13)23/h2-3,6-8,16,21-23H,4-5H2,1H3. The number of methoxy groups -OCH3 is 1. The Kier molecular flexibility index (Phi) is 3.83. The second-order valence-corrected chi connectivity index (χ2v) is 6.73. The Bertz CT molecular complexity index is 936. The number of aromatic amines is 1. The van der Waals surface area contributed by atoms with Crippen molar-refractivity contribution in [3.8, 4) is 11.5 Å². The van der Waals surface area contributed by atoms with Crippen molar-refractivity contribution in [1.29, 1.82) is 0 Å². The molecule has 0 fully saturated rings. The smallest absolute Gasteiger partial charge is 0.139 e.